The fourth-order valence-electron chi connectivity index (χ4n) is 1.88. The van der Waals surface area contributed by atoms with Crippen molar-refractivity contribution in [2.75, 3.05) is 5.73 Å². The number of benzene rings is 1. The van der Waals surface area contributed by atoms with Gasteiger partial charge in [-0.3, -0.25) is 0 Å². The summed E-state index contributed by atoms with van der Waals surface area (Å²) < 4.78 is 12.9. The molecule has 0 atom stereocenters. The summed E-state index contributed by atoms with van der Waals surface area (Å²) in [7, 11) is 0. The highest BCUT2D eigenvalue weighted by Gasteiger charge is 2.22. The van der Waals surface area contributed by atoms with E-state index in [1.54, 1.807) is 12.1 Å². The summed E-state index contributed by atoms with van der Waals surface area (Å²) in [5.74, 6) is -1.40. The van der Waals surface area contributed by atoms with Gasteiger partial charge in [-0.25, -0.2) is 9.18 Å². The fraction of sp³-hybridized carbons (Fsp3) is 0.154. The molecule has 0 unspecified atom stereocenters. The molecule has 0 aliphatic rings. The highest BCUT2D eigenvalue weighted by atomic mass is 32.1. The van der Waals surface area contributed by atoms with Crippen LogP contribution < -0.4 is 5.73 Å². The lowest BCUT2D eigenvalue weighted by Crippen LogP contribution is -2.01. The molecule has 0 amide bonds. The number of thiophene rings is 1. The molecule has 1 heterocycles. The maximum atomic E-state index is 12.9. The molecular weight excluding hydrogens is 253 g/mol. The first kappa shape index (κ1) is 12.6. The van der Waals surface area contributed by atoms with Crippen LogP contribution in [0.25, 0.3) is 11.1 Å². The standard InChI is InChI=1S/C13H12FNO2S/c1-2-9-10(7-3-5-8(14)6-4-7)11(13(16)17)12(15)18-9/h3-6H,2,15H2,1H3,(H,16,17). The molecule has 1 aromatic carbocycles. The van der Waals surface area contributed by atoms with E-state index in [1.807, 2.05) is 6.92 Å². The van der Waals surface area contributed by atoms with Crippen LogP contribution in [0.1, 0.15) is 22.2 Å². The molecule has 0 fully saturated rings. The SMILES string of the molecule is CCc1sc(N)c(C(=O)O)c1-c1ccc(F)cc1. The quantitative estimate of drug-likeness (QED) is 0.894. The fourth-order valence-corrected chi connectivity index (χ4v) is 2.90. The predicted octanol–water partition coefficient (Wildman–Crippen LogP) is 3.40. The van der Waals surface area contributed by atoms with Crippen LogP contribution in [0.2, 0.25) is 0 Å². The third-order valence-electron chi connectivity index (χ3n) is 2.68. The van der Waals surface area contributed by atoms with E-state index >= 15 is 0 Å². The second kappa shape index (κ2) is 4.78. The highest BCUT2D eigenvalue weighted by molar-refractivity contribution is 7.17. The molecule has 0 aliphatic heterocycles. The molecular formula is C13H12FNO2S. The van der Waals surface area contributed by atoms with E-state index in [-0.39, 0.29) is 11.4 Å². The molecule has 94 valence electrons. The first-order valence-electron chi connectivity index (χ1n) is 5.45. The Morgan fingerprint density at radius 2 is 2.00 bits per heavy atom. The average molecular weight is 265 g/mol. The van der Waals surface area contributed by atoms with Crippen molar-refractivity contribution in [3.8, 4) is 11.1 Å². The Morgan fingerprint density at radius 1 is 1.39 bits per heavy atom. The molecule has 0 saturated heterocycles. The molecule has 5 heteroatoms. The average Bonchev–Trinajstić information content (AvgIpc) is 2.67. The molecule has 0 bridgehead atoms. The molecule has 0 radical (unpaired) electrons. The number of halogens is 1. The topological polar surface area (TPSA) is 63.3 Å². The Kier molecular flexibility index (Phi) is 3.34. The molecule has 1 aromatic heterocycles. The van der Waals surface area contributed by atoms with Gasteiger partial charge in [0, 0.05) is 10.4 Å². The first-order valence-corrected chi connectivity index (χ1v) is 6.26. The summed E-state index contributed by atoms with van der Waals surface area (Å²) in [6.45, 7) is 1.93. The normalized spacial score (nSPS) is 10.6. The van der Waals surface area contributed by atoms with Gasteiger partial charge in [0.2, 0.25) is 0 Å². The van der Waals surface area contributed by atoms with Crippen LogP contribution >= 0.6 is 11.3 Å². The number of nitrogen functional groups attached to an aromatic ring is 1. The number of carbonyl (C=O) groups is 1. The number of hydrogen-bond acceptors (Lipinski definition) is 3. The van der Waals surface area contributed by atoms with Crippen LogP contribution in [0.3, 0.4) is 0 Å². The summed E-state index contributed by atoms with van der Waals surface area (Å²) in [4.78, 5) is 12.2. The number of aromatic carboxylic acids is 1. The largest absolute Gasteiger partial charge is 0.478 e. The Morgan fingerprint density at radius 3 is 2.50 bits per heavy atom. The molecule has 0 saturated carbocycles. The number of nitrogens with two attached hydrogens (primary N) is 1. The van der Waals surface area contributed by atoms with Crippen molar-refractivity contribution in [3.05, 3.63) is 40.5 Å². The van der Waals surface area contributed by atoms with Gasteiger partial charge in [0.25, 0.3) is 0 Å². The van der Waals surface area contributed by atoms with Gasteiger partial charge in [-0.2, -0.15) is 0 Å². The van der Waals surface area contributed by atoms with Crippen LogP contribution in [0.15, 0.2) is 24.3 Å². The second-order valence-electron chi connectivity index (χ2n) is 3.81. The van der Waals surface area contributed by atoms with E-state index < -0.39 is 5.97 Å². The zero-order valence-electron chi connectivity index (χ0n) is 9.74. The van der Waals surface area contributed by atoms with E-state index in [4.69, 9.17) is 5.73 Å². The van der Waals surface area contributed by atoms with Crippen molar-refractivity contribution in [1.29, 1.82) is 0 Å². The van der Waals surface area contributed by atoms with Crippen LogP contribution in [-0.4, -0.2) is 11.1 Å². The molecule has 3 nitrogen and oxygen atoms in total. The second-order valence-corrected chi connectivity index (χ2v) is 4.94. The number of hydrogen-bond donors (Lipinski definition) is 2. The minimum absolute atomic E-state index is 0.114. The number of carboxylic acids is 1. The van der Waals surface area contributed by atoms with Gasteiger partial charge in [-0.1, -0.05) is 19.1 Å². The molecule has 0 spiro atoms. The number of anilines is 1. The zero-order valence-corrected chi connectivity index (χ0v) is 10.6. The highest BCUT2D eigenvalue weighted by Crippen LogP contribution is 2.38. The third kappa shape index (κ3) is 2.09. The lowest BCUT2D eigenvalue weighted by molar-refractivity contribution is 0.0699. The third-order valence-corrected chi connectivity index (χ3v) is 3.84. The Balaban J connectivity index is 2.68. The number of carboxylic acid groups (broad SMARTS) is 1. The number of aryl methyl sites for hydroxylation is 1. The monoisotopic (exact) mass is 265 g/mol. The van der Waals surface area contributed by atoms with Gasteiger partial charge >= 0.3 is 5.97 Å². The summed E-state index contributed by atoms with van der Waals surface area (Å²) in [6.07, 6.45) is 0.689. The lowest BCUT2D eigenvalue weighted by Gasteiger charge is -2.04. The summed E-state index contributed by atoms with van der Waals surface area (Å²) in [5, 5.41) is 9.51. The van der Waals surface area contributed by atoms with E-state index in [9.17, 15) is 14.3 Å². The van der Waals surface area contributed by atoms with Crippen molar-refractivity contribution < 1.29 is 14.3 Å². The molecule has 18 heavy (non-hydrogen) atoms. The van der Waals surface area contributed by atoms with Crippen LogP contribution in [-0.2, 0) is 6.42 Å². The predicted molar refractivity (Wildman–Crippen MR) is 70.5 cm³/mol. The van der Waals surface area contributed by atoms with E-state index in [2.05, 4.69) is 0 Å². The minimum Gasteiger partial charge on any atom is -0.478 e. The van der Waals surface area contributed by atoms with Crippen molar-refractivity contribution in [2.24, 2.45) is 0 Å². The van der Waals surface area contributed by atoms with Gasteiger partial charge in [0.15, 0.2) is 0 Å². The molecule has 3 N–H and O–H groups in total. The van der Waals surface area contributed by atoms with E-state index in [1.165, 1.54) is 23.5 Å². The van der Waals surface area contributed by atoms with Gasteiger partial charge < -0.3 is 10.8 Å². The Labute approximate surface area is 108 Å². The Hall–Kier alpha value is -1.88. The summed E-state index contributed by atoms with van der Waals surface area (Å²) in [5.41, 5.74) is 7.15. The zero-order chi connectivity index (χ0) is 13.3. The van der Waals surface area contributed by atoms with Gasteiger partial charge in [-0.15, -0.1) is 11.3 Å². The van der Waals surface area contributed by atoms with Crippen LogP contribution in [0, 0.1) is 5.82 Å². The van der Waals surface area contributed by atoms with Crippen LogP contribution in [0.4, 0.5) is 9.39 Å². The van der Waals surface area contributed by atoms with Gasteiger partial charge in [-0.05, 0) is 24.1 Å². The van der Waals surface area contributed by atoms with Gasteiger partial charge in [0.05, 0.1) is 0 Å². The summed E-state index contributed by atoms with van der Waals surface area (Å²) >= 11 is 1.27. The smallest absolute Gasteiger partial charge is 0.339 e. The maximum Gasteiger partial charge on any atom is 0.339 e. The first-order chi connectivity index (χ1) is 8.54. The van der Waals surface area contributed by atoms with Crippen LogP contribution in [0.5, 0.6) is 0 Å². The minimum atomic E-state index is -1.05. The van der Waals surface area contributed by atoms with Crippen molar-refractivity contribution in [3.63, 3.8) is 0 Å². The molecule has 2 rings (SSSR count). The van der Waals surface area contributed by atoms with E-state index in [0.29, 0.717) is 22.5 Å². The number of rotatable bonds is 3. The lowest BCUT2D eigenvalue weighted by atomic mass is 10.0. The summed E-state index contributed by atoms with van der Waals surface area (Å²) in [6, 6.07) is 5.77. The Bertz CT molecular complexity index is 590. The van der Waals surface area contributed by atoms with E-state index in [0.717, 1.165) is 4.88 Å². The molecule has 2 aromatic rings. The van der Waals surface area contributed by atoms with Crippen molar-refractivity contribution in [1.82, 2.24) is 0 Å². The molecule has 0 aliphatic carbocycles. The maximum absolute atomic E-state index is 12.9. The van der Waals surface area contributed by atoms with Gasteiger partial charge in [0.1, 0.15) is 16.4 Å². The van der Waals surface area contributed by atoms with Crippen molar-refractivity contribution >= 4 is 22.3 Å². The van der Waals surface area contributed by atoms with Crippen molar-refractivity contribution in [2.45, 2.75) is 13.3 Å².